The first-order chi connectivity index (χ1) is 9.34. The molecule has 0 aliphatic carbocycles. The van der Waals surface area contributed by atoms with E-state index in [1.54, 1.807) is 0 Å². The number of hydrogen-bond donors (Lipinski definition) is 1. The second-order valence-electron chi connectivity index (χ2n) is 4.22. The molecule has 110 valence electrons. The van der Waals surface area contributed by atoms with Crippen LogP contribution in [0.2, 0.25) is 0 Å². The summed E-state index contributed by atoms with van der Waals surface area (Å²) in [6, 6.07) is 1.18. The Bertz CT molecular complexity index is 649. The van der Waals surface area contributed by atoms with Crippen LogP contribution in [0.1, 0.15) is 6.42 Å². The molecule has 20 heavy (non-hydrogen) atoms. The molecule has 1 aliphatic heterocycles. The number of carbonyl (C=O) groups excluding carboxylic acids is 1. The average molecular weight is 308 g/mol. The molecule has 0 saturated carbocycles. The Morgan fingerprint density at radius 3 is 2.55 bits per heavy atom. The Hall–Kier alpha value is -1.61. The molecular weight excluding hydrogens is 297 g/mol. The maximum atomic E-state index is 13.6. The lowest BCUT2D eigenvalue weighted by atomic mass is 10.3. The second kappa shape index (κ2) is 5.41. The molecule has 1 amide bonds. The molecule has 1 heterocycles. The van der Waals surface area contributed by atoms with Crippen molar-refractivity contribution in [2.75, 3.05) is 19.6 Å². The first kappa shape index (κ1) is 14.8. The summed E-state index contributed by atoms with van der Waals surface area (Å²) in [6.45, 7) is -0.203. The molecule has 9 heteroatoms. The van der Waals surface area contributed by atoms with Gasteiger partial charge in [0.05, 0.1) is 6.54 Å². The van der Waals surface area contributed by atoms with E-state index in [2.05, 4.69) is 5.32 Å². The van der Waals surface area contributed by atoms with Gasteiger partial charge in [-0.15, -0.1) is 0 Å². The lowest BCUT2D eigenvalue weighted by Crippen LogP contribution is -2.37. The van der Waals surface area contributed by atoms with Crippen LogP contribution in [0.3, 0.4) is 0 Å². The molecule has 1 N–H and O–H groups in total. The minimum atomic E-state index is -4.40. The molecule has 2 rings (SSSR count). The van der Waals surface area contributed by atoms with E-state index in [1.807, 2.05) is 0 Å². The maximum Gasteiger partial charge on any atom is 0.246 e. The molecule has 0 atom stereocenters. The quantitative estimate of drug-likeness (QED) is 0.814. The molecule has 0 radical (unpaired) electrons. The number of rotatable bonds is 2. The van der Waals surface area contributed by atoms with Crippen LogP contribution in [0.15, 0.2) is 17.0 Å². The number of benzene rings is 1. The number of nitrogens with zero attached hydrogens (tertiary/aromatic N) is 1. The number of hydrogen-bond acceptors (Lipinski definition) is 3. The fraction of sp³-hybridized carbons (Fsp3) is 0.364. The van der Waals surface area contributed by atoms with E-state index in [9.17, 15) is 26.4 Å². The van der Waals surface area contributed by atoms with E-state index < -0.39 is 44.8 Å². The number of carbonyl (C=O) groups is 1. The van der Waals surface area contributed by atoms with E-state index in [1.165, 1.54) is 0 Å². The summed E-state index contributed by atoms with van der Waals surface area (Å²) in [4.78, 5) is 10.4. The number of sulfonamides is 1. The lowest BCUT2D eigenvalue weighted by molar-refractivity contribution is -0.120. The van der Waals surface area contributed by atoms with Crippen molar-refractivity contribution in [1.82, 2.24) is 9.62 Å². The topological polar surface area (TPSA) is 66.5 Å². The third-order valence-electron chi connectivity index (χ3n) is 2.84. The van der Waals surface area contributed by atoms with Gasteiger partial charge in [0.2, 0.25) is 15.9 Å². The van der Waals surface area contributed by atoms with Crippen LogP contribution in [0.5, 0.6) is 0 Å². The highest BCUT2D eigenvalue weighted by Gasteiger charge is 2.32. The Balaban J connectivity index is 2.44. The number of amides is 1. The van der Waals surface area contributed by atoms with Gasteiger partial charge in [0.15, 0.2) is 17.5 Å². The monoisotopic (exact) mass is 308 g/mol. The summed E-state index contributed by atoms with van der Waals surface area (Å²) in [7, 11) is -4.40. The molecule has 5 nitrogen and oxygen atoms in total. The van der Waals surface area contributed by atoms with Gasteiger partial charge in [-0.05, 0) is 18.6 Å². The SMILES string of the molecule is O=C1CN(S(=O)(=O)c2ccc(F)c(F)c2F)CCCN1. The zero-order valence-corrected chi connectivity index (χ0v) is 11.0. The minimum Gasteiger partial charge on any atom is -0.355 e. The van der Waals surface area contributed by atoms with E-state index in [0.717, 1.165) is 4.31 Å². The van der Waals surface area contributed by atoms with Crippen molar-refractivity contribution in [2.45, 2.75) is 11.3 Å². The summed E-state index contributed by atoms with van der Waals surface area (Å²) in [5, 5.41) is 2.46. The normalized spacial score (nSPS) is 17.6. The van der Waals surface area contributed by atoms with E-state index in [0.29, 0.717) is 25.1 Å². The highest BCUT2D eigenvalue weighted by molar-refractivity contribution is 7.89. The molecule has 0 bridgehead atoms. The summed E-state index contributed by atoms with van der Waals surface area (Å²) in [6.07, 6.45) is 0.344. The van der Waals surface area contributed by atoms with Gasteiger partial charge < -0.3 is 5.32 Å². The molecule has 1 aliphatic rings. The Morgan fingerprint density at radius 1 is 1.15 bits per heavy atom. The molecule has 1 saturated heterocycles. The number of halogens is 3. The largest absolute Gasteiger partial charge is 0.355 e. The van der Waals surface area contributed by atoms with Crippen LogP contribution >= 0.6 is 0 Å². The third-order valence-corrected chi connectivity index (χ3v) is 4.71. The van der Waals surface area contributed by atoms with Gasteiger partial charge in [-0.3, -0.25) is 4.79 Å². The summed E-state index contributed by atoms with van der Waals surface area (Å²) >= 11 is 0. The number of nitrogens with one attached hydrogen (secondary N) is 1. The highest BCUT2D eigenvalue weighted by atomic mass is 32.2. The molecule has 0 spiro atoms. The molecular formula is C11H11F3N2O3S. The van der Waals surface area contributed by atoms with Crippen LogP contribution < -0.4 is 5.32 Å². The zero-order chi connectivity index (χ0) is 14.9. The van der Waals surface area contributed by atoms with Crippen molar-refractivity contribution in [2.24, 2.45) is 0 Å². The molecule has 0 aromatic heterocycles. The van der Waals surface area contributed by atoms with Crippen molar-refractivity contribution in [3.8, 4) is 0 Å². The van der Waals surface area contributed by atoms with Crippen molar-refractivity contribution in [3.63, 3.8) is 0 Å². The molecule has 1 fully saturated rings. The van der Waals surface area contributed by atoms with Crippen molar-refractivity contribution >= 4 is 15.9 Å². The Kier molecular flexibility index (Phi) is 4.00. The zero-order valence-electron chi connectivity index (χ0n) is 10.2. The van der Waals surface area contributed by atoms with Crippen molar-refractivity contribution in [1.29, 1.82) is 0 Å². The predicted octanol–water partition coefficient (Wildman–Crippen LogP) is 0.614. The lowest BCUT2D eigenvalue weighted by Gasteiger charge is -2.19. The van der Waals surface area contributed by atoms with E-state index >= 15 is 0 Å². The van der Waals surface area contributed by atoms with Crippen LogP contribution in [-0.4, -0.2) is 38.3 Å². The summed E-state index contributed by atoms with van der Waals surface area (Å²) in [5.41, 5.74) is 0. The molecule has 1 aromatic carbocycles. The standard InChI is InChI=1S/C11H11F3N2O3S/c12-7-2-3-8(11(14)10(7)13)20(18,19)16-5-1-4-15-9(17)6-16/h2-3H,1,4-6H2,(H,15,17). The van der Waals surface area contributed by atoms with Crippen LogP contribution in [0.4, 0.5) is 13.2 Å². The third kappa shape index (κ3) is 2.63. The Labute approximate surface area is 113 Å². The summed E-state index contributed by atoms with van der Waals surface area (Å²) < 4.78 is 64.7. The predicted molar refractivity (Wildman–Crippen MR) is 62.7 cm³/mol. The van der Waals surface area contributed by atoms with Gasteiger partial charge in [0.1, 0.15) is 4.90 Å². The van der Waals surface area contributed by atoms with Gasteiger partial charge in [0.25, 0.3) is 0 Å². The highest BCUT2D eigenvalue weighted by Crippen LogP contribution is 2.23. The minimum absolute atomic E-state index is 0.0144. The van der Waals surface area contributed by atoms with Crippen molar-refractivity contribution in [3.05, 3.63) is 29.6 Å². The van der Waals surface area contributed by atoms with E-state index in [-0.39, 0.29) is 6.54 Å². The fourth-order valence-electron chi connectivity index (χ4n) is 1.83. The van der Waals surface area contributed by atoms with Crippen LogP contribution in [0, 0.1) is 17.5 Å². The molecule has 0 unspecified atom stereocenters. The first-order valence-corrected chi connectivity index (χ1v) is 7.18. The fourth-order valence-corrected chi connectivity index (χ4v) is 3.32. The van der Waals surface area contributed by atoms with Gasteiger partial charge in [-0.2, -0.15) is 4.31 Å². The second-order valence-corrected chi connectivity index (χ2v) is 6.12. The average Bonchev–Trinajstić information content (AvgIpc) is 2.61. The van der Waals surface area contributed by atoms with Crippen LogP contribution in [-0.2, 0) is 14.8 Å². The Morgan fingerprint density at radius 2 is 1.85 bits per heavy atom. The van der Waals surface area contributed by atoms with Crippen LogP contribution in [0.25, 0.3) is 0 Å². The smallest absolute Gasteiger partial charge is 0.246 e. The van der Waals surface area contributed by atoms with Gasteiger partial charge in [-0.25, -0.2) is 21.6 Å². The van der Waals surface area contributed by atoms with Crippen molar-refractivity contribution < 1.29 is 26.4 Å². The maximum absolute atomic E-state index is 13.6. The van der Waals surface area contributed by atoms with Gasteiger partial charge >= 0.3 is 0 Å². The van der Waals surface area contributed by atoms with Gasteiger partial charge in [0, 0.05) is 13.1 Å². The summed E-state index contributed by atoms with van der Waals surface area (Å²) in [5.74, 6) is -5.65. The molecule has 1 aromatic rings. The first-order valence-electron chi connectivity index (χ1n) is 5.74. The van der Waals surface area contributed by atoms with Gasteiger partial charge in [-0.1, -0.05) is 0 Å². The van der Waals surface area contributed by atoms with E-state index in [4.69, 9.17) is 0 Å².